The van der Waals surface area contributed by atoms with Crippen molar-refractivity contribution in [2.24, 2.45) is 0 Å². The third-order valence-electron chi connectivity index (χ3n) is 3.46. The molecule has 3 atom stereocenters. The van der Waals surface area contributed by atoms with E-state index in [4.69, 9.17) is 4.74 Å². The largest absolute Gasteiger partial charge is 0.492 e. The van der Waals surface area contributed by atoms with Crippen LogP contribution in [0.2, 0.25) is 0 Å². The van der Waals surface area contributed by atoms with E-state index in [2.05, 4.69) is 5.32 Å². The van der Waals surface area contributed by atoms with Crippen LogP contribution in [0, 0.1) is 0 Å². The summed E-state index contributed by atoms with van der Waals surface area (Å²) in [4.78, 5) is 0. The van der Waals surface area contributed by atoms with Crippen LogP contribution in [-0.2, 0) is 0 Å². The van der Waals surface area contributed by atoms with E-state index in [1.54, 1.807) is 0 Å². The third-order valence-corrected chi connectivity index (χ3v) is 3.46. The predicted octanol–water partition coefficient (Wildman–Crippen LogP) is 2.56. The van der Waals surface area contributed by atoms with Gasteiger partial charge in [-0.1, -0.05) is 48.5 Å². The Bertz CT molecular complexity index is 538. The minimum absolute atomic E-state index is 0. The Morgan fingerprint density at radius 1 is 1.00 bits per heavy atom. The lowest BCUT2D eigenvalue weighted by Gasteiger charge is -2.26. The Morgan fingerprint density at radius 2 is 1.57 bits per heavy atom. The summed E-state index contributed by atoms with van der Waals surface area (Å²) < 4.78 is 5.67. The van der Waals surface area contributed by atoms with Crippen LogP contribution in [0.25, 0.3) is 0 Å². The number of nitrogens with one attached hydrogen (secondary N) is 1. The number of benzene rings is 2. The minimum atomic E-state index is -0.759. The molecule has 0 bridgehead atoms. The van der Waals surface area contributed by atoms with E-state index in [1.807, 2.05) is 67.6 Å². The summed E-state index contributed by atoms with van der Waals surface area (Å²) >= 11 is 0. The second kappa shape index (κ2) is 10.2. The van der Waals surface area contributed by atoms with Crippen LogP contribution >= 0.6 is 12.4 Å². The summed E-state index contributed by atoms with van der Waals surface area (Å²) in [6.45, 7) is 2.27. The number of aliphatic hydroxyl groups excluding tert-OH is 2. The van der Waals surface area contributed by atoms with Crippen LogP contribution in [0.3, 0.4) is 0 Å². The van der Waals surface area contributed by atoms with Crippen molar-refractivity contribution in [3.8, 4) is 5.75 Å². The molecule has 0 amide bonds. The molecule has 0 aliphatic carbocycles. The van der Waals surface area contributed by atoms with Crippen molar-refractivity contribution >= 4 is 12.4 Å². The number of aliphatic hydroxyl groups is 2. The van der Waals surface area contributed by atoms with Gasteiger partial charge in [0.05, 0.1) is 18.8 Å². The average molecular weight is 338 g/mol. The number of ether oxygens (including phenoxy) is 1. The molecule has 4 nitrogen and oxygen atoms in total. The highest BCUT2D eigenvalue weighted by molar-refractivity contribution is 5.85. The zero-order valence-electron chi connectivity index (χ0n) is 13.1. The van der Waals surface area contributed by atoms with Gasteiger partial charge in [-0.3, -0.25) is 0 Å². The number of para-hydroxylation sites is 1. The summed E-state index contributed by atoms with van der Waals surface area (Å²) in [5.74, 6) is 0.806. The Labute approximate surface area is 143 Å². The van der Waals surface area contributed by atoms with Crippen molar-refractivity contribution in [3.05, 3.63) is 66.2 Å². The molecule has 126 valence electrons. The molecular weight excluding hydrogens is 314 g/mol. The van der Waals surface area contributed by atoms with Gasteiger partial charge in [-0.15, -0.1) is 12.4 Å². The van der Waals surface area contributed by atoms with E-state index in [0.717, 1.165) is 11.3 Å². The van der Waals surface area contributed by atoms with Crippen LogP contribution in [0.4, 0.5) is 0 Å². The van der Waals surface area contributed by atoms with Crippen molar-refractivity contribution in [3.63, 3.8) is 0 Å². The molecule has 0 saturated carbocycles. The van der Waals surface area contributed by atoms with Crippen molar-refractivity contribution < 1.29 is 14.9 Å². The van der Waals surface area contributed by atoms with E-state index in [1.165, 1.54) is 0 Å². The molecule has 23 heavy (non-hydrogen) atoms. The van der Waals surface area contributed by atoms with Crippen molar-refractivity contribution in [1.29, 1.82) is 0 Å². The number of hydrogen-bond acceptors (Lipinski definition) is 4. The summed E-state index contributed by atoms with van der Waals surface area (Å²) in [6.07, 6.45) is -0.759. The highest BCUT2D eigenvalue weighted by Gasteiger charge is 2.21. The van der Waals surface area contributed by atoms with Crippen molar-refractivity contribution in [1.82, 2.24) is 5.32 Å². The van der Waals surface area contributed by atoms with Gasteiger partial charge in [-0.25, -0.2) is 0 Å². The maximum atomic E-state index is 10.4. The molecule has 0 spiro atoms. The average Bonchev–Trinajstić information content (AvgIpc) is 2.59. The second-order valence-electron chi connectivity index (χ2n) is 5.34. The van der Waals surface area contributed by atoms with Gasteiger partial charge in [0.25, 0.3) is 0 Å². The quantitative estimate of drug-likeness (QED) is 0.693. The maximum absolute atomic E-state index is 10.4. The van der Waals surface area contributed by atoms with E-state index in [0.29, 0.717) is 6.61 Å². The molecule has 0 saturated heterocycles. The summed E-state index contributed by atoms with van der Waals surface area (Å²) in [7, 11) is 0. The fourth-order valence-corrected chi connectivity index (χ4v) is 2.28. The molecule has 2 rings (SSSR count). The van der Waals surface area contributed by atoms with Gasteiger partial charge in [0, 0.05) is 6.04 Å². The number of hydrogen-bond donors (Lipinski definition) is 3. The molecule has 0 aliphatic rings. The van der Waals surface area contributed by atoms with Crippen LogP contribution in [0.5, 0.6) is 5.75 Å². The van der Waals surface area contributed by atoms with Crippen molar-refractivity contribution in [2.75, 3.05) is 13.2 Å². The first-order valence-corrected chi connectivity index (χ1v) is 7.48. The third kappa shape index (κ3) is 6.20. The summed E-state index contributed by atoms with van der Waals surface area (Å²) in [6, 6.07) is 18.5. The van der Waals surface area contributed by atoms with Crippen LogP contribution in [0.1, 0.15) is 18.6 Å². The Balaban J connectivity index is 0.00000264. The van der Waals surface area contributed by atoms with Crippen molar-refractivity contribution in [2.45, 2.75) is 25.1 Å². The maximum Gasteiger partial charge on any atom is 0.119 e. The van der Waals surface area contributed by atoms with Gasteiger partial charge in [0.1, 0.15) is 12.4 Å². The van der Waals surface area contributed by atoms with E-state index in [9.17, 15) is 10.2 Å². The first-order chi connectivity index (χ1) is 10.7. The molecule has 0 aromatic heterocycles. The zero-order chi connectivity index (χ0) is 15.8. The predicted molar refractivity (Wildman–Crippen MR) is 94.1 cm³/mol. The lowest BCUT2D eigenvalue weighted by Crippen LogP contribution is -2.45. The summed E-state index contributed by atoms with van der Waals surface area (Å²) in [5.41, 5.74) is 0.783. The second-order valence-corrected chi connectivity index (χ2v) is 5.34. The minimum Gasteiger partial charge on any atom is -0.492 e. The Morgan fingerprint density at radius 3 is 2.13 bits per heavy atom. The molecule has 0 fully saturated rings. The highest BCUT2D eigenvalue weighted by Crippen LogP contribution is 2.17. The molecule has 3 N–H and O–H groups in total. The summed E-state index contributed by atoms with van der Waals surface area (Å²) in [5, 5.41) is 23.1. The SMILES string of the molecule is C[C@H](COc1ccccc1)N[C@H](CO)[C@@H](O)c1ccccc1.Cl. The van der Waals surface area contributed by atoms with Gasteiger partial charge < -0.3 is 20.3 Å². The molecule has 2 aromatic carbocycles. The van der Waals surface area contributed by atoms with Crippen LogP contribution in [0.15, 0.2) is 60.7 Å². The standard InChI is InChI=1S/C18H23NO3.ClH/c1-14(13-22-16-10-6-3-7-11-16)19-17(12-20)18(21)15-8-4-2-5-9-15;/h2-11,14,17-21H,12-13H2,1H3;1H/t14-,17-,18+;/m1./s1. The van der Waals surface area contributed by atoms with E-state index >= 15 is 0 Å². The van der Waals surface area contributed by atoms with Gasteiger partial charge in [-0.05, 0) is 24.6 Å². The fourth-order valence-electron chi connectivity index (χ4n) is 2.28. The molecule has 2 aromatic rings. The first kappa shape index (κ1) is 19.5. The van der Waals surface area contributed by atoms with Gasteiger partial charge in [-0.2, -0.15) is 0 Å². The normalized spacial score (nSPS) is 14.4. The Kier molecular flexibility index (Phi) is 8.66. The first-order valence-electron chi connectivity index (χ1n) is 7.48. The lowest BCUT2D eigenvalue weighted by atomic mass is 10.0. The topological polar surface area (TPSA) is 61.7 Å². The van der Waals surface area contributed by atoms with Gasteiger partial charge >= 0.3 is 0 Å². The molecule has 0 radical (unpaired) electrons. The highest BCUT2D eigenvalue weighted by atomic mass is 35.5. The molecule has 0 heterocycles. The lowest BCUT2D eigenvalue weighted by molar-refractivity contribution is 0.0797. The van der Waals surface area contributed by atoms with E-state index in [-0.39, 0.29) is 25.1 Å². The number of halogens is 1. The smallest absolute Gasteiger partial charge is 0.119 e. The monoisotopic (exact) mass is 337 g/mol. The molecular formula is C18H24ClNO3. The van der Waals surface area contributed by atoms with Gasteiger partial charge in [0.2, 0.25) is 0 Å². The zero-order valence-corrected chi connectivity index (χ0v) is 13.9. The molecule has 0 unspecified atom stereocenters. The molecule has 5 heteroatoms. The fraction of sp³-hybridized carbons (Fsp3) is 0.333. The van der Waals surface area contributed by atoms with E-state index < -0.39 is 12.1 Å². The van der Waals surface area contributed by atoms with Crippen LogP contribution in [-0.4, -0.2) is 35.5 Å². The van der Waals surface area contributed by atoms with Gasteiger partial charge in [0.15, 0.2) is 0 Å². The number of rotatable bonds is 8. The van der Waals surface area contributed by atoms with Crippen LogP contribution < -0.4 is 10.1 Å². The Hall–Kier alpha value is -1.59. The molecule has 0 aliphatic heterocycles.